The summed E-state index contributed by atoms with van der Waals surface area (Å²) in [6, 6.07) is 14.4. The number of aromatic nitrogens is 5. The van der Waals surface area contributed by atoms with Gasteiger partial charge < -0.3 is 10.6 Å². The lowest BCUT2D eigenvalue weighted by Crippen LogP contribution is -1.97. The van der Waals surface area contributed by atoms with E-state index in [1.165, 1.54) is 5.56 Å². The molecule has 2 N–H and O–H groups in total. The van der Waals surface area contributed by atoms with Gasteiger partial charge in [-0.25, -0.2) is 9.97 Å². The van der Waals surface area contributed by atoms with Crippen LogP contribution in [0.15, 0.2) is 61.1 Å². The number of nitrogens with one attached hydrogen (secondary N) is 2. The molecule has 0 fully saturated rings. The third-order valence-electron chi connectivity index (χ3n) is 5.23. The van der Waals surface area contributed by atoms with Crippen LogP contribution in [0.25, 0.3) is 32.9 Å². The van der Waals surface area contributed by atoms with E-state index in [-0.39, 0.29) is 0 Å². The van der Waals surface area contributed by atoms with Crippen molar-refractivity contribution in [2.24, 2.45) is 7.05 Å². The summed E-state index contributed by atoms with van der Waals surface area (Å²) < 4.78 is 1.93. The second-order valence-electron chi connectivity index (χ2n) is 7.21. The molecule has 0 amide bonds. The second-order valence-corrected chi connectivity index (χ2v) is 7.21. The zero-order valence-electron chi connectivity index (χ0n) is 17.0. The third kappa shape index (κ3) is 3.00. The number of pyridine rings is 1. The molecule has 0 aliphatic heterocycles. The highest BCUT2D eigenvalue weighted by Gasteiger charge is 2.16. The van der Waals surface area contributed by atoms with E-state index in [0.29, 0.717) is 5.95 Å². The third-order valence-corrected chi connectivity index (χ3v) is 5.23. The first-order valence-electron chi connectivity index (χ1n) is 9.72. The molecule has 7 nitrogen and oxygen atoms in total. The maximum absolute atomic E-state index is 4.74. The molecule has 0 unspecified atom stereocenters. The Morgan fingerprint density at radius 1 is 1.03 bits per heavy atom. The molecular weight excluding hydrogens is 374 g/mol. The van der Waals surface area contributed by atoms with Crippen LogP contribution in [-0.4, -0.2) is 31.8 Å². The van der Waals surface area contributed by atoms with Gasteiger partial charge >= 0.3 is 0 Å². The van der Waals surface area contributed by atoms with Crippen molar-refractivity contribution in [1.29, 1.82) is 0 Å². The predicted molar refractivity (Wildman–Crippen MR) is 121 cm³/mol. The molecule has 0 saturated heterocycles. The van der Waals surface area contributed by atoms with Crippen LogP contribution in [0.3, 0.4) is 0 Å². The Morgan fingerprint density at radius 3 is 2.73 bits per heavy atom. The topological polar surface area (TPSA) is 80.5 Å². The standard InChI is InChI=1S/C23H21N7/c1-14-6-8-18-21(30(3)29-22(18)27-17-5-4-10-25-13-17)20(14)15-7-9-19-16(11-15)12-26-23(24-2)28-19/h4-13H,1-3H3,(H,27,29)(H,24,26,28). The van der Waals surface area contributed by atoms with Gasteiger partial charge in [-0.2, -0.15) is 5.10 Å². The Bertz CT molecular complexity index is 1370. The van der Waals surface area contributed by atoms with Crippen LogP contribution >= 0.6 is 0 Å². The molecule has 0 radical (unpaired) electrons. The molecule has 5 rings (SSSR count). The summed E-state index contributed by atoms with van der Waals surface area (Å²) in [5.74, 6) is 1.43. The van der Waals surface area contributed by atoms with E-state index in [1.807, 2.05) is 43.2 Å². The van der Waals surface area contributed by atoms with Gasteiger partial charge in [0.05, 0.1) is 22.9 Å². The molecule has 3 aromatic heterocycles. The Kier molecular flexibility index (Phi) is 4.28. The molecule has 2 aromatic carbocycles. The van der Waals surface area contributed by atoms with E-state index in [0.717, 1.165) is 44.4 Å². The van der Waals surface area contributed by atoms with Gasteiger partial charge in [-0.15, -0.1) is 0 Å². The van der Waals surface area contributed by atoms with Gasteiger partial charge in [0.2, 0.25) is 5.95 Å². The largest absolute Gasteiger partial charge is 0.357 e. The fourth-order valence-electron chi connectivity index (χ4n) is 3.81. The van der Waals surface area contributed by atoms with Crippen molar-refractivity contribution in [1.82, 2.24) is 24.7 Å². The summed E-state index contributed by atoms with van der Waals surface area (Å²) in [7, 11) is 3.79. The van der Waals surface area contributed by atoms with E-state index in [1.54, 1.807) is 12.4 Å². The quantitative estimate of drug-likeness (QED) is 0.460. The van der Waals surface area contributed by atoms with Crippen LogP contribution < -0.4 is 10.6 Å². The number of anilines is 3. The number of benzene rings is 2. The van der Waals surface area contributed by atoms with Gasteiger partial charge in [0.15, 0.2) is 5.82 Å². The van der Waals surface area contributed by atoms with E-state index in [9.17, 15) is 0 Å². The monoisotopic (exact) mass is 395 g/mol. The van der Waals surface area contributed by atoms with Crippen LogP contribution in [0.5, 0.6) is 0 Å². The number of nitrogens with zero attached hydrogens (tertiary/aromatic N) is 5. The molecule has 0 aliphatic carbocycles. The normalized spacial score (nSPS) is 11.2. The van der Waals surface area contributed by atoms with E-state index >= 15 is 0 Å². The first-order valence-corrected chi connectivity index (χ1v) is 9.72. The summed E-state index contributed by atoms with van der Waals surface area (Å²) in [5.41, 5.74) is 6.34. The molecule has 30 heavy (non-hydrogen) atoms. The number of hydrogen-bond acceptors (Lipinski definition) is 6. The molecule has 5 aromatic rings. The second kappa shape index (κ2) is 7.11. The lowest BCUT2D eigenvalue weighted by molar-refractivity contribution is 0.801. The maximum atomic E-state index is 4.74. The van der Waals surface area contributed by atoms with Crippen molar-refractivity contribution in [2.75, 3.05) is 17.7 Å². The van der Waals surface area contributed by atoms with Crippen LogP contribution in [0.1, 0.15) is 5.56 Å². The first kappa shape index (κ1) is 18.1. The van der Waals surface area contributed by atoms with Gasteiger partial charge in [0.25, 0.3) is 0 Å². The fourth-order valence-corrected chi connectivity index (χ4v) is 3.81. The highest BCUT2D eigenvalue weighted by molar-refractivity contribution is 6.03. The van der Waals surface area contributed by atoms with Crippen molar-refractivity contribution in [3.8, 4) is 11.1 Å². The number of aryl methyl sites for hydroxylation is 2. The minimum absolute atomic E-state index is 0.617. The first-order chi connectivity index (χ1) is 14.6. The smallest absolute Gasteiger partial charge is 0.222 e. The maximum Gasteiger partial charge on any atom is 0.222 e. The van der Waals surface area contributed by atoms with Crippen molar-refractivity contribution < 1.29 is 0 Å². The van der Waals surface area contributed by atoms with Crippen molar-refractivity contribution in [3.05, 3.63) is 66.6 Å². The minimum Gasteiger partial charge on any atom is -0.357 e. The zero-order chi connectivity index (χ0) is 20.7. The summed E-state index contributed by atoms with van der Waals surface area (Å²) >= 11 is 0. The van der Waals surface area contributed by atoms with Crippen molar-refractivity contribution >= 4 is 39.3 Å². The van der Waals surface area contributed by atoms with Crippen molar-refractivity contribution in [2.45, 2.75) is 6.92 Å². The van der Waals surface area contributed by atoms with E-state index in [4.69, 9.17) is 5.10 Å². The highest BCUT2D eigenvalue weighted by atomic mass is 15.3. The van der Waals surface area contributed by atoms with Gasteiger partial charge in [-0.3, -0.25) is 9.67 Å². The van der Waals surface area contributed by atoms with Crippen LogP contribution in [0.4, 0.5) is 17.5 Å². The fraction of sp³-hybridized carbons (Fsp3) is 0.130. The highest BCUT2D eigenvalue weighted by Crippen LogP contribution is 2.36. The zero-order valence-corrected chi connectivity index (χ0v) is 17.0. The Balaban J connectivity index is 1.67. The lowest BCUT2D eigenvalue weighted by atomic mass is 9.96. The molecule has 0 aliphatic rings. The number of hydrogen-bond donors (Lipinski definition) is 2. The van der Waals surface area contributed by atoms with E-state index in [2.05, 4.69) is 56.8 Å². The summed E-state index contributed by atoms with van der Waals surface area (Å²) in [6.45, 7) is 2.13. The Labute approximate surface area is 173 Å². The number of fused-ring (bicyclic) bond motifs is 2. The molecule has 0 spiro atoms. The molecule has 0 saturated carbocycles. The van der Waals surface area contributed by atoms with Crippen molar-refractivity contribution in [3.63, 3.8) is 0 Å². The Hall–Kier alpha value is -4.00. The summed E-state index contributed by atoms with van der Waals surface area (Å²) in [6.07, 6.45) is 5.40. The molecule has 0 bridgehead atoms. The lowest BCUT2D eigenvalue weighted by Gasteiger charge is -2.11. The van der Waals surface area contributed by atoms with Gasteiger partial charge in [0.1, 0.15) is 0 Å². The van der Waals surface area contributed by atoms with Gasteiger partial charge in [-0.1, -0.05) is 12.1 Å². The van der Waals surface area contributed by atoms with Crippen LogP contribution in [0.2, 0.25) is 0 Å². The van der Waals surface area contributed by atoms with E-state index < -0.39 is 0 Å². The van der Waals surface area contributed by atoms with Gasteiger partial charge in [-0.05, 0) is 48.4 Å². The van der Waals surface area contributed by atoms with Crippen LogP contribution in [-0.2, 0) is 7.05 Å². The SMILES string of the molecule is CNc1ncc2cc(-c3c(C)ccc4c(Nc5cccnc5)nn(C)c34)ccc2n1. The predicted octanol–water partition coefficient (Wildman–Crippen LogP) is 4.67. The molecule has 3 heterocycles. The molecule has 0 atom stereocenters. The molecule has 7 heteroatoms. The molecular formula is C23H21N7. The average molecular weight is 395 g/mol. The average Bonchev–Trinajstić information content (AvgIpc) is 3.08. The number of rotatable bonds is 4. The molecule has 148 valence electrons. The minimum atomic E-state index is 0.617. The van der Waals surface area contributed by atoms with Crippen LogP contribution in [0, 0.1) is 6.92 Å². The van der Waals surface area contributed by atoms with Gasteiger partial charge in [0, 0.05) is 42.8 Å². The summed E-state index contributed by atoms with van der Waals surface area (Å²) in [4.78, 5) is 13.1. The Morgan fingerprint density at radius 2 is 1.93 bits per heavy atom. The summed E-state index contributed by atoms with van der Waals surface area (Å²) in [5, 5.41) is 13.2.